The Morgan fingerprint density at radius 2 is 2.30 bits per heavy atom. The van der Waals surface area contributed by atoms with E-state index in [1.54, 1.807) is 0 Å². The standard InChI is InChI=1S/C4H12NO4P/c6-3-1-2-5-4-9-10(7)8/h5-6,10H,1-4H2,(H,7,8). The van der Waals surface area contributed by atoms with Crippen molar-refractivity contribution in [1.29, 1.82) is 0 Å². The lowest BCUT2D eigenvalue weighted by Crippen LogP contribution is -2.17. The molecular formula is C4H12NO4P. The number of nitrogens with one attached hydrogen (secondary N) is 1. The van der Waals surface area contributed by atoms with Gasteiger partial charge in [-0.15, -0.1) is 0 Å². The van der Waals surface area contributed by atoms with E-state index in [2.05, 4.69) is 9.84 Å². The third-order valence-electron chi connectivity index (χ3n) is 0.809. The van der Waals surface area contributed by atoms with Gasteiger partial charge in [-0.1, -0.05) is 0 Å². The molecule has 0 bridgehead atoms. The van der Waals surface area contributed by atoms with E-state index in [4.69, 9.17) is 10.00 Å². The highest BCUT2D eigenvalue weighted by molar-refractivity contribution is 7.32. The molecule has 5 nitrogen and oxygen atoms in total. The van der Waals surface area contributed by atoms with Gasteiger partial charge in [0.05, 0.1) is 0 Å². The second kappa shape index (κ2) is 7.18. The van der Waals surface area contributed by atoms with Crippen LogP contribution in [0.4, 0.5) is 0 Å². The molecule has 0 spiro atoms. The Bertz CT molecular complexity index is 99.3. The molecule has 0 amide bonds. The minimum absolute atomic E-state index is 0.0638. The number of hydrogen-bond acceptors (Lipinski definition) is 4. The first-order valence-corrected chi connectivity index (χ1v) is 4.21. The lowest BCUT2D eigenvalue weighted by atomic mass is 10.5. The van der Waals surface area contributed by atoms with Crippen molar-refractivity contribution in [3.05, 3.63) is 0 Å². The predicted molar refractivity (Wildman–Crippen MR) is 36.9 cm³/mol. The maximum absolute atomic E-state index is 9.91. The van der Waals surface area contributed by atoms with Crippen LogP contribution in [0, 0.1) is 0 Å². The lowest BCUT2D eigenvalue weighted by molar-refractivity contribution is 0.244. The lowest BCUT2D eigenvalue weighted by Gasteiger charge is -2.00. The summed E-state index contributed by atoms with van der Waals surface area (Å²) in [6.45, 7) is 0.765. The molecule has 0 aromatic heterocycles. The van der Waals surface area contributed by atoms with Crippen LogP contribution in [-0.4, -0.2) is 29.9 Å². The van der Waals surface area contributed by atoms with Gasteiger partial charge < -0.3 is 10.00 Å². The van der Waals surface area contributed by atoms with Crippen LogP contribution in [0.25, 0.3) is 0 Å². The van der Waals surface area contributed by atoms with E-state index in [9.17, 15) is 4.57 Å². The average Bonchev–Trinajstić information content (AvgIpc) is 1.87. The molecule has 1 unspecified atom stereocenters. The minimum Gasteiger partial charge on any atom is -0.396 e. The largest absolute Gasteiger partial charge is 0.396 e. The van der Waals surface area contributed by atoms with Crippen LogP contribution in [0.2, 0.25) is 0 Å². The van der Waals surface area contributed by atoms with Gasteiger partial charge in [0.15, 0.2) is 0 Å². The summed E-state index contributed by atoms with van der Waals surface area (Å²) >= 11 is 0. The van der Waals surface area contributed by atoms with E-state index in [1.165, 1.54) is 0 Å². The fraction of sp³-hybridized carbons (Fsp3) is 1.00. The van der Waals surface area contributed by atoms with Crippen LogP contribution in [0.15, 0.2) is 0 Å². The molecule has 10 heavy (non-hydrogen) atoms. The molecule has 0 aliphatic rings. The van der Waals surface area contributed by atoms with E-state index < -0.39 is 8.25 Å². The van der Waals surface area contributed by atoms with Crippen LogP contribution in [-0.2, 0) is 9.09 Å². The van der Waals surface area contributed by atoms with Gasteiger partial charge in [0, 0.05) is 6.61 Å². The number of aliphatic hydroxyl groups excluding tert-OH is 1. The van der Waals surface area contributed by atoms with Crippen molar-refractivity contribution >= 4 is 8.25 Å². The molecular weight excluding hydrogens is 157 g/mol. The zero-order valence-corrected chi connectivity index (χ0v) is 6.54. The molecule has 1 atom stereocenters. The van der Waals surface area contributed by atoms with Crippen molar-refractivity contribution in [2.75, 3.05) is 19.9 Å². The summed E-state index contributed by atoms with van der Waals surface area (Å²) in [4.78, 5) is 8.14. The van der Waals surface area contributed by atoms with Crippen molar-refractivity contribution in [1.82, 2.24) is 5.32 Å². The van der Waals surface area contributed by atoms with Crippen molar-refractivity contribution in [3.63, 3.8) is 0 Å². The van der Waals surface area contributed by atoms with E-state index in [0.717, 1.165) is 0 Å². The summed E-state index contributed by atoms with van der Waals surface area (Å²) in [5.41, 5.74) is 0. The molecule has 0 aliphatic heterocycles. The van der Waals surface area contributed by atoms with Crippen LogP contribution < -0.4 is 5.32 Å². The first kappa shape index (κ1) is 10.1. The topological polar surface area (TPSA) is 78.8 Å². The van der Waals surface area contributed by atoms with Gasteiger partial charge in [0.2, 0.25) is 0 Å². The predicted octanol–water partition coefficient (Wildman–Crippen LogP) is -0.686. The van der Waals surface area contributed by atoms with Crippen molar-refractivity contribution < 1.29 is 19.1 Å². The summed E-state index contributed by atoms with van der Waals surface area (Å²) in [7, 11) is -2.80. The van der Waals surface area contributed by atoms with Crippen LogP contribution >= 0.6 is 8.25 Å². The van der Waals surface area contributed by atoms with Gasteiger partial charge in [-0.05, 0) is 13.0 Å². The first-order valence-electron chi connectivity index (χ1n) is 2.94. The fourth-order valence-corrected chi connectivity index (χ4v) is 0.615. The van der Waals surface area contributed by atoms with E-state index in [-0.39, 0.29) is 13.3 Å². The highest BCUT2D eigenvalue weighted by atomic mass is 31.1. The van der Waals surface area contributed by atoms with E-state index in [1.807, 2.05) is 0 Å². The van der Waals surface area contributed by atoms with Gasteiger partial charge >= 0.3 is 8.25 Å². The van der Waals surface area contributed by atoms with E-state index >= 15 is 0 Å². The van der Waals surface area contributed by atoms with Crippen LogP contribution in [0.5, 0.6) is 0 Å². The summed E-state index contributed by atoms with van der Waals surface area (Å²) in [5.74, 6) is 0. The Hall–Kier alpha value is 0.0700. The molecule has 0 saturated heterocycles. The molecule has 3 N–H and O–H groups in total. The molecule has 6 heteroatoms. The second-order valence-electron chi connectivity index (χ2n) is 1.63. The second-order valence-corrected chi connectivity index (χ2v) is 2.45. The van der Waals surface area contributed by atoms with Gasteiger partial charge in [0.1, 0.15) is 6.73 Å². The molecule has 0 heterocycles. The number of rotatable bonds is 6. The Labute approximate surface area is 60.0 Å². The third-order valence-corrected chi connectivity index (χ3v) is 1.20. The van der Waals surface area contributed by atoms with Crippen molar-refractivity contribution in [2.24, 2.45) is 0 Å². The van der Waals surface area contributed by atoms with Crippen molar-refractivity contribution in [3.8, 4) is 0 Å². The van der Waals surface area contributed by atoms with E-state index in [0.29, 0.717) is 13.0 Å². The monoisotopic (exact) mass is 169 g/mol. The molecule has 0 radical (unpaired) electrons. The summed E-state index contributed by atoms with van der Waals surface area (Å²) in [6.07, 6.45) is 0.621. The Morgan fingerprint density at radius 3 is 2.80 bits per heavy atom. The van der Waals surface area contributed by atoms with Crippen LogP contribution in [0.3, 0.4) is 0 Å². The maximum Gasteiger partial charge on any atom is 0.317 e. The molecule has 0 aromatic rings. The summed E-state index contributed by atoms with van der Waals surface area (Å²) in [6, 6.07) is 0. The Kier molecular flexibility index (Phi) is 7.23. The number of aliphatic hydroxyl groups is 1. The molecule has 0 rings (SSSR count). The molecule has 62 valence electrons. The first-order chi connectivity index (χ1) is 4.77. The normalized spacial score (nSPS) is 13.4. The summed E-state index contributed by atoms with van der Waals surface area (Å²) < 4.78 is 14.2. The van der Waals surface area contributed by atoms with Gasteiger partial charge in [-0.3, -0.25) is 14.4 Å². The molecule has 0 fully saturated rings. The highest BCUT2D eigenvalue weighted by Crippen LogP contribution is 2.11. The van der Waals surface area contributed by atoms with Gasteiger partial charge in [0.25, 0.3) is 0 Å². The average molecular weight is 169 g/mol. The minimum atomic E-state index is -2.80. The van der Waals surface area contributed by atoms with Crippen LogP contribution in [0.1, 0.15) is 6.42 Å². The maximum atomic E-state index is 9.91. The highest BCUT2D eigenvalue weighted by Gasteiger charge is 1.89. The summed E-state index contributed by atoms with van der Waals surface area (Å²) in [5, 5.41) is 11.0. The fourth-order valence-electron chi connectivity index (χ4n) is 0.389. The SMILES string of the molecule is O=[PH](O)OCNCCCO. The zero-order valence-electron chi connectivity index (χ0n) is 5.54. The van der Waals surface area contributed by atoms with Gasteiger partial charge in [-0.25, -0.2) is 0 Å². The third kappa shape index (κ3) is 8.07. The zero-order chi connectivity index (χ0) is 7.82. The Balaban J connectivity index is 2.84. The molecule has 0 aliphatic carbocycles. The Morgan fingerprint density at radius 1 is 1.60 bits per heavy atom. The smallest absolute Gasteiger partial charge is 0.317 e. The van der Waals surface area contributed by atoms with Gasteiger partial charge in [-0.2, -0.15) is 0 Å². The van der Waals surface area contributed by atoms with Crippen molar-refractivity contribution in [2.45, 2.75) is 6.42 Å². The number of hydrogen-bond donors (Lipinski definition) is 3. The molecule has 0 saturated carbocycles. The quantitative estimate of drug-likeness (QED) is 0.279. The molecule has 0 aromatic carbocycles.